The van der Waals surface area contributed by atoms with Crippen molar-refractivity contribution in [3.05, 3.63) is 81.2 Å². The molecule has 2 aromatic carbocycles. The van der Waals surface area contributed by atoms with Crippen molar-refractivity contribution in [3.8, 4) is 0 Å². The normalized spacial score (nSPS) is 12.1. The monoisotopic (exact) mass is 328 g/mol. The fourth-order valence-corrected chi connectivity index (χ4v) is 2.58. The average Bonchev–Trinajstić information content (AvgIpc) is 2.55. The van der Waals surface area contributed by atoms with E-state index in [4.69, 9.17) is 20.8 Å². The summed E-state index contributed by atoms with van der Waals surface area (Å²) in [6, 6.07) is 15.0. The molecule has 0 N–H and O–H groups in total. The lowest BCUT2D eigenvalue weighted by Crippen LogP contribution is -2.12. The highest BCUT2D eigenvalue weighted by atomic mass is 35.5. The summed E-state index contributed by atoms with van der Waals surface area (Å²) in [5, 5.41) is 0.927. The van der Waals surface area contributed by atoms with Crippen molar-refractivity contribution in [3.63, 3.8) is 0 Å². The molecule has 0 bridgehead atoms. The third-order valence-corrected chi connectivity index (χ3v) is 3.81. The Morgan fingerprint density at radius 3 is 2.61 bits per heavy atom. The standard InChI is InChI=1S/C18H13ClO4/c1-11(12-6-2-4-8-14(12)19)22-18(21)17-10-15(20)13-7-3-5-9-16(13)23-17/h2-11H,1H3/t11-/m1/s1. The second-order valence-electron chi connectivity index (χ2n) is 5.04. The molecule has 0 aliphatic carbocycles. The number of halogens is 1. The summed E-state index contributed by atoms with van der Waals surface area (Å²) in [6.45, 7) is 1.71. The number of fused-ring (bicyclic) bond motifs is 1. The zero-order valence-electron chi connectivity index (χ0n) is 12.3. The maximum Gasteiger partial charge on any atom is 0.374 e. The van der Waals surface area contributed by atoms with Crippen LogP contribution in [0.1, 0.15) is 29.1 Å². The Morgan fingerprint density at radius 1 is 1.13 bits per heavy atom. The molecule has 1 heterocycles. The maximum atomic E-state index is 12.2. The summed E-state index contributed by atoms with van der Waals surface area (Å²) in [4.78, 5) is 24.3. The summed E-state index contributed by atoms with van der Waals surface area (Å²) in [5.74, 6) is -0.840. The van der Waals surface area contributed by atoms with E-state index in [1.165, 1.54) is 0 Å². The second-order valence-corrected chi connectivity index (χ2v) is 5.45. The molecule has 0 saturated carbocycles. The number of hydrogen-bond acceptors (Lipinski definition) is 4. The number of para-hydroxylation sites is 1. The first-order chi connectivity index (χ1) is 11.1. The van der Waals surface area contributed by atoms with Gasteiger partial charge in [-0.1, -0.05) is 41.9 Å². The first-order valence-corrected chi connectivity index (χ1v) is 7.42. The quantitative estimate of drug-likeness (QED) is 0.670. The molecular formula is C18H13ClO4. The predicted molar refractivity (Wildman–Crippen MR) is 87.8 cm³/mol. The van der Waals surface area contributed by atoms with Gasteiger partial charge in [0.25, 0.3) is 0 Å². The van der Waals surface area contributed by atoms with Crippen molar-refractivity contribution in [1.29, 1.82) is 0 Å². The van der Waals surface area contributed by atoms with Crippen LogP contribution in [0.3, 0.4) is 0 Å². The van der Waals surface area contributed by atoms with Crippen LogP contribution in [0.5, 0.6) is 0 Å². The molecule has 23 heavy (non-hydrogen) atoms. The largest absolute Gasteiger partial charge is 0.452 e. The van der Waals surface area contributed by atoms with E-state index in [2.05, 4.69) is 0 Å². The first-order valence-electron chi connectivity index (χ1n) is 7.04. The van der Waals surface area contributed by atoms with Crippen molar-refractivity contribution >= 4 is 28.5 Å². The molecule has 0 aliphatic rings. The van der Waals surface area contributed by atoms with Gasteiger partial charge in [0.15, 0.2) is 5.43 Å². The Kier molecular flexibility index (Phi) is 4.17. The molecule has 5 heteroatoms. The minimum atomic E-state index is -0.708. The average molecular weight is 329 g/mol. The van der Waals surface area contributed by atoms with E-state index in [0.29, 0.717) is 21.6 Å². The van der Waals surface area contributed by atoms with Crippen molar-refractivity contribution in [2.45, 2.75) is 13.0 Å². The van der Waals surface area contributed by atoms with E-state index in [1.54, 1.807) is 49.4 Å². The van der Waals surface area contributed by atoms with E-state index < -0.39 is 12.1 Å². The molecule has 3 rings (SSSR count). The topological polar surface area (TPSA) is 56.5 Å². The van der Waals surface area contributed by atoms with Crippen LogP contribution in [-0.2, 0) is 4.74 Å². The van der Waals surface area contributed by atoms with Crippen LogP contribution in [0.25, 0.3) is 11.0 Å². The van der Waals surface area contributed by atoms with Crippen LogP contribution < -0.4 is 5.43 Å². The van der Waals surface area contributed by atoms with Gasteiger partial charge in [-0.05, 0) is 25.1 Å². The van der Waals surface area contributed by atoms with Gasteiger partial charge in [0, 0.05) is 16.7 Å². The van der Waals surface area contributed by atoms with Gasteiger partial charge in [-0.2, -0.15) is 0 Å². The van der Waals surface area contributed by atoms with Crippen molar-refractivity contribution in [2.75, 3.05) is 0 Å². The van der Waals surface area contributed by atoms with E-state index >= 15 is 0 Å². The molecule has 0 saturated heterocycles. The summed E-state index contributed by atoms with van der Waals surface area (Å²) < 4.78 is 10.8. The summed E-state index contributed by atoms with van der Waals surface area (Å²) in [6.07, 6.45) is -0.562. The van der Waals surface area contributed by atoms with E-state index in [1.807, 2.05) is 6.07 Å². The molecule has 1 aromatic heterocycles. The minimum absolute atomic E-state index is 0.132. The molecule has 1 atom stereocenters. The van der Waals surface area contributed by atoms with Crippen LogP contribution in [0.2, 0.25) is 5.02 Å². The maximum absolute atomic E-state index is 12.2. The minimum Gasteiger partial charge on any atom is -0.452 e. The van der Waals surface area contributed by atoms with E-state index in [9.17, 15) is 9.59 Å². The fourth-order valence-electron chi connectivity index (χ4n) is 2.29. The van der Waals surface area contributed by atoms with Crippen LogP contribution in [0.4, 0.5) is 0 Å². The van der Waals surface area contributed by atoms with Gasteiger partial charge in [-0.25, -0.2) is 4.79 Å². The SMILES string of the molecule is C[C@@H](OC(=O)c1cc(=O)c2ccccc2o1)c1ccccc1Cl. The third-order valence-electron chi connectivity index (χ3n) is 3.46. The van der Waals surface area contributed by atoms with Gasteiger partial charge in [0.2, 0.25) is 5.76 Å². The first kappa shape index (κ1) is 15.3. The molecule has 0 unspecified atom stereocenters. The van der Waals surface area contributed by atoms with Crippen LogP contribution >= 0.6 is 11.6 Å². The van der Waals surface area contributed by atoms with Crippen molar-refractivity contribution < 1.29 is 13.9 Å². The lowest BCUT2D eigenvalue weighted by molar-refractivity contribution is 0.0302. The molecular weight excluding hydrogens is 316 g/mol. The molecule has 0 fully saturated rings. The number of ether oxygens (including phenoxy) is 1. The third kappa shape index (κ3) is 3.12. The van der Waals surface area contributed by atoms with Gasteiger partial charge in [0.05, 0.1) is 5.39 Å². The summed E-state index contributed by atoms with van der Waals surface area (Å²) in [7, 11) is 0. The van der Waals surface area contributed by atoms with Crippen molar-refractivity contribution in [2.24, 2.45) is 0 Å². The number of carbonyl (C=O) groups is 1. The van der Waals surface area contributed by atoms with Crippen LogP contribution in [0, 0.1) is 0 Å². The van der Waals surface area contributed by atoms with Crippen molar-refractivity contribution in [1.82, 2.24) is 0 Å². The zero-order chi connectivity index (χ0) is 16.4. The number of hydrogen-bond donors (Lipinski definition) is 0. The Labute approximate surface area is 137 Å². The van der Waals surface area contributed by atoms with Crippen LogP contribution in [0.15, 0.2) is 63.8 Å². The summed E-state index contributed by atoms with van der Waals surface area (Å²) >= 11 is 6.09. The predicted octanol–water partition coefficient (Wildman–Crippen LogP) is 4.36. The number of carbonyl (C=O) groups excluding carboxylic acids is 1. The Bertz CT molecular complexity index is 929. The van der Waals surface area contributed by atoms with Gasteiger partial charge in [-0.15, -0.1) is 0 Å². The molecule has 0 radical (unpaired) electrons. The smallest absolute Gasteiger partial charge is 0.374 e. The molecule has 4 nitrogen and oxygen atoms in total. The number of rotatable bonds is 3. The lowest BCUT2D eigenvalue weighted by Gasteiger charge is -2.14. The molecule has 0 aliphatic heterocycles. The highest BCUT2D eigenvalue weighted by Crippen LogP contribution is 2.26. The van der Waals surface area contributed by atoms with Gasteiger partial charge in [-0.3, -0.25) is 4.79 Å². The Hall–Kier alpha value is -2.59. The summed E-state index contributed by atoms with van der Waals surface area (Å²) in [5.41, 5.74) is 0.743. The molecule has 0 spiro atoms. The number of esters is 1. The Balaban J connectivity index is 1.89. The Morgan fingerprint density at radius 2 is 1.83 bits per heavy atom. The van der Waals surface area contributed by atoms with E-state index in [-0.39, 0.29) is 11.2 Å². The van der Waals surface area contributed by atoms with E-state index in [0.717, 1.165) is 6.07 Å². The molecule has 116 valence electrons. The lowest BCUT2D eigenvalue weighted by atomic mass is 10.1. The van der Waals surface area contributed by atoms with Gasteiger partial charge >= 0.3 is 5.97 Å². The zero-order valence-corrected chi connectivity index (χ0v) is 13.0. The van der Waals surface area contributed by atoms with Gasteiger partial charge in [0.1, 0.15) is 11.7 Å². The highest BCUT2D eigenvalue weighted by Gasteiger charge is 2.19. The van der Waals surface area contributed by atoms with Gasteiger partial charge < -0.3 is 9.15 Å². The second kappa shape index (κ2) is 6.26. The fraction of sp³-hybridized carbons (Fsp3) is 0.111. The van der Waals surface area contributed by atoms with Crippen LogP contribution in [-0.4, -0.2) is 5.97 Å². The number of benzene rings is 2. The molecule has 0 amide bonds. The highest BCUT2D eigenvalue weighted by molar-refractivity contribution is 6.31. The molecule has 3 aromatic rings.